The summed E-state index contributed by atoms with van der Waals surface area (Å²) in [7, 11) is 0. The van der Waals surface area contributed by atoms with Crippen LogP contribution in [0.2, 0.25) is 5.02 Å². The summed E-state index contributed by atoms with van der Waals surface area (Å²) in [5.74, 6) is -0.0707. The van der Waals surface area contributed by atoms with Gasteiger partial charge in [0.05, 0.1) is 21.6 Å². The van der Waals surface area contributed by atoms with Gasteiger partial charge in [-0.2, -0.15) is 0 Å². The van der Waals surface area contributed by atoms with E-state index in [9.17, 15) is 9.18 Å². The van der Waals surface area contributed by atoms with Gasteiger partial charge in [0.1, 0.15) is 11.4 Å². The predicted octanol–water partition coefficient (Wildman–Crippen LogP) is 5.45. The highest BCUT2D eigenvalue weighted by molar-refractivity contribution is 6.31. The van der Waals surface area contributed by atoms with E-state index < -0.39 is 18.3 Å². The lowest BCUT2D eigenvalue weighted by atomic mass is 10.0. The number of rotatable bonds is 4. The molecule has 1 aliphatic heterocycles. The molecule has 0 unspecified atom stereocenters. The molecule has 34 heavy (non-hydrogen) atoms. The summed E-state index contributed by atoms with van der Waals surface area (Å²) in [5, 5.41) is 0.0542. The number of hydrogen-bond acceptors (Lipinski definition) is 6. The first-order chi connectivity index (χ1) is 16.2. The van der Waals surface area contributed by atoms with Gasteiger partial charge in [-0.05, 0) is 45.0 Å². The Morgan fingerprint density at radius 2 is 1.79 bits per heavy atom. The van der Waals surface area contributed by atoms with E-state index in [4.69, 9.17) is 21.1 Å². The Hall–Kier alpha value is -3.20. The van der Waals surface area contributed by atoms with Crippen molar-refractivity contribution in [2.75, 3.05) is 37.9 Å². The molecule has 2 heterocycles. The fourth-order valence-corrected chi connectivity index (χ4v) is 3.90. The van der Waals surface area contributed by atoms with E-state index in [1.54, 1.807) is 35.2 Å². The first kappa shape index (κ1) is 23.9. The first-order valence-electron chi connectivity index (χ1n) is 10.8. The number of ether oxygens (including phenoxy) is 2. The number of anilines is 1. The third kappa shape index (κ3) is 4.99. The van der Waals surface area contributed by atoms with Gasteiger partial charge in [0.15, 0.2) is 5.82 Å². The molecule has 1 fully saturated rings. The number of benzene rings is 2. The highest BCUT2D eigenvalue weighted by Crippen LogP contribution is 2.37. The van der Waals surface area contributed by atoms with E-state index in [0.717, 1.165) is 0 Å². The van der Waals surface area contributed by atoms with E-state index in [2.05, 4.69) is 9.97 Å². The van der Waals surface area contributed by atoms with Crippen LogP contribution >= 0.6 is 11.6 Å². The molecule has 0 N–H and O–H groups in total. The summed E-state index contributed by atoms with van der Waals surface area (Å²) in [6, 6.07) is 9.74. The molecule has 3 aromatic rings. The van der Waals surface area contributed by atoms with Crippen LogP contribution in [0.3, 0.4) is 0 Å². The highest BCUT2D eigenvalue weighted by Gasteiger charge is 2.28. The molecule has 1 aliphatic rings. The Morgan fingerprint density at radius 1 is 1.09 bits per heavy atom. The minimum atomic E-state index is -1.04. The number of hydrogen-bond donors (Lipinski definition) is 0. The fraction of sp³-hybridized carbons (Fsp3) is 0.375. The molecule has 1 saturated heterocycles. The van der Waals surface area contributed by atoms with Crippen LogP contribution in [0.15, 0.2) is 36.4 Å². The summed E-state index contributed by atoms with van der Waals surface area (Å²) in [6.07, 6.45) is -0.374. The number of nitrogens with zero attached hydrogens (tertiary/aromatic N) is 4. The molecule has 4 rings (SSSR count). The third-order valence-electron chi connectivity index (χ3n) is 5.31. The van der Waals surface area contributed by atoms with Crippen molar-refractivity contribution >= 4 is 34.5 Å². The lowest BCUT2D eigenvalue weighted by Crippen LogP contribution is -2.50. The smallest absolute Gasteiger partial charge is 0.410 e. The fourth-order valence-electron chi connectivity index (χ4n) is 3.75. The van der Waals surface area contributed by atoms with Crippen molar-refractivity contribution in [1.82, 2.24) is 14.9 Å². The van der Waals surface area contributed by atoms with Crippen LogP contribution in [-0.2, 0) is 4.74 Å². The SMILES string of the molecule is CC(C)(C)OC(=O)N1CCN(c2nc(-c3ccccc3OCF)c3c(F)c(Cl)ccc3n2)CC1. The predicted molar refractivity (Wildman–Crippen MR) is 127 cm³/mol. The standard InChI is InChI=1S/C24H25ClF2N4O3/c1-24(2,3)34-23(32)31-12-10-30(11-13-31)22-28-17-9-8-16(25)20(27)19(17)21(29-22)15-6-4-5-7-18(15)33-14-26/h4-9H,10-14H2,1-3H3. The van der Waals surface area contributed by atoms with Crippen LogP contribution in [0.5, 0.6) is 5.75 Å². The minimum Gasteiger partial charge on any atom is -0.462 e. The molecular formula is C24H25ClF2N4O3. The molecule has 0 radical (unpaired) electrons. The molecule has 0 spiro atoms. The minimum absolute atomic E-state index is 0.0695. The summed E-state index contributed by atoms with van der Waals surface area (Å²) < 4.78 is 38.7. The normalized spacial score (nSPS) is 14.4. The second-order valence-corrected chi connectivity index (χ2v) is 9.24. The topological polar surface area (TPSA) is 67.8 Å². The average molecular weight is 491 g/mol. The maximum absolute atomic E-state index is 15.1. The molecule has 1 aromatic heterocycles. The molecule has 2 aromatic carbocycles. The molecule has 180 valence electrons. The number of carbonyl (C=O) groups excluding carboxylic acids is 1. The number of aromatic nitrogens is 2. The van der Waals surface area contributed by atoms with Gasteiger partial charge >= 0.3 is 6.09 Å². The van der Waals surface area contributed by atoms with Crippen molar-refractivity contribution in [2.45, 2.75) is 26.4 Å². The lowest BCUT2D eigenvalue weighted by molar-refractivity contribution is 0.0240. The number of alkyl halides is 1. The largest absolute Gasteiger partial charge is 0.462 e. The Morgan fingerprint density at radius 3 is 2.47 bits per heavy atom. The van der Waals surface area contributed by atoms with Crippen molar-refractivity contribution < 1.29 is 23.0 Å². The Bertz CT molecular complexity index is 1210. The van der Waals surface area contributed by atoms with Crippen LogP contribution in [0, 0.1) is 5.82 Å². The second kappa shape index (κ2) is 9.58. The molecule has 0 bridgehead atoms. The molecule has 0 saturated carbocycles. The highest BCUT2D eigenvalue weighted by atomic mass is 35.5. The van der Waals surface area contributed by atoms with Crippen LogP contribution in [-0.4, -0.2) is 59.6 Å². The summed E-state index contributed by atoms with van der Waals surface area (Å²) in [4.78, 5) is 25.1. The van der Waals surface area contributed by atoms with Gasteiger partial charge in [0.2, 0.25) is 12.8 Å². The van der Waals surface area contributed by atoms with Crippen molar-refractivity contribution in [1.29, 1.82) is 0 Å². The van der Waals surface area contributed by atoms with Crippen LogP contribution in [0.1, 0.15) is 20.8 Å². The number of halogens is 3. The van der Waals surface area contributed by atoms with E-state index >= 15 is 4.39 Å². The van der Waals surface area contributed by atoms with Crippen molar-refractivity contribution in [3.63, 3.8) is 0 Å². The van der Waals surface area contributed by atoms with Gasteiger partial charge in [-0.3, -0.25) is 0 Å². The van der Waals surface area contributed by atoms with Gasteiger partial charge in [-0.15, -0.1) is 0 Å². The third-order valence-corrected chi connectivity index (χ3v) is 5.60. The number of para-hydroxylation sites is 1. The van der Waals surface area contributed by atoms with Gasteiger partial charge < -0.3 is 19.3 Å². The number of piperazine rings is 1. The molecule has 0 aliphatic carbocycles. The van der Waals surface area contributed by atoms with Crippen LogP contribution in [0.25, 0.3) is 22.2 Å². The number of amides is 1. The molecule has 0 atom stereocenters. The van der Waals surface area contributed by atoms with Crippen LogP contribution < -0.4 is 9.64 Å². The summed E-state index contributed by atoms with van der Waals surface area (Å²) in [5.41, 5.74) is 0.442. The van der Waals surface area contributed by atoms with Crippen molar-refractivity contribution in [3.05, 3.63) is 47.2 Å². The molecular weight excluding hydrogens is 466 g/mol. The van der Waals surface area contributed by atoms with E-state index in [0.29, 0.717) is 43.2 Å². The van der Waals surface area contributed by atoms with Crippen LogP contribution in [0.4, 0.5) is 19.5 Å². The van der Waals surface area contributed by atoms with E-state index in [1.807, 2.05) is 25.7 Å². The monoisotopic (exact) mass is 490 g/mol. The second-order valence-electron chi connectivity index (χ2n) is 8.83. The summed E-state index contributed by atoms with van der Waals surface area (Å²) in [6.45, 7) is 6.18. The molecule has 7 nitrogen and oxygen atoms in total. The first-order valence-corrected chi connectivity index (χ1v) is 11.2. The molecule has 10 heteroatoms. The molecule has 1 amide bonds. The Kier molecular flexibility index (Phi) is 6.74. The van der Waals surface area contributed by atoms with Gasteiger partial charge in [0.25, 0.3) is 0 Å². The Balaban J connectivity index is 1.71. The summed E-state index contributed by atoms with van der Waals surface area (Å²) >= 11 is 6.05. The van der Waals surface area contributed by atoms with Crippen molar-refractivity contribution in [2.24, 2.45) is 0 Å². The van der Waals surface area contributed by atoms with E-state index in [-0.39, 0.29) is 27.9 Å². The Labute approximate surface area is 201 Å². The van der Waals surface area contributed by atoms with E-state index in [1.165, 1.54) is 6.07 Å². The lowest BCUT2D eigenvalue weighted by Gasteiger charge is -2.35. The zero-order chi connectivity index (χ0) is 24.5. The maximum atomic E-state index is 15.1. The van der Waals surface area contributed by atoms with Crippen molar-refractivity contribution in [3.8, 4) is 17.0 Å². The van der Waals surface area contributed by atoms with Gasteiger partial charge in [-0.1, -0.05) is 23.7 Å². The zero-order valence-electron chi connectivity index (χ0n) is 19.1. The van der Waals surface area contributed by atoms with Gasteiger partial charge in [-0.25, -0.2) is 23.5 Å². The average Bonchev–Trinajstić information content (AvgIpc) is 2.80. The maximum Gasteiger partial charge on any atom is 0.410 e. The quantitative estimate of drug-likeness (QED) is 0.484. The zero-order valence-corrected chi connectivity index (χ0v) is 19.9. The number of fused-ring (bicyclic) bond motifs is 1. The van der Waals surface area contributed by atoms with Gasteiger partial charge in [0, 0.05) is 31.7 Å². The number of carbonyl (C=O) groups is 1.